The number of nitro benzene ring substituents is 1. The molecule has 1 fully saturated rings. The van der Waals surface area contributed by atoms with Crippen molar-refractivity contribution in [2.45, 2.75) is 6.92 Å². The maximum absolute atomic E-state index is 13.0. The number of carbonyl (C=O) groups excluding carboxylic acids is 1. The van der Waals surface area contributed by atoms with Crippen molar-refractivity contribution in [2.24, 2.45) is 4.99 Å². The Morgan fingerprint density at radius 2 is 1.88 bits per heavy atom. The van der Waals surface area contributed by atoms with E-state index in [4.69, 9.17) is 9.15 Å². The van der Waals surface area contributed by atoms with Crippen molar-refractivity contribution in [1.82, 2.24) is 4.90 Å². The maximum Gasteiger partial charge on any atom is 0.269 e. The summed E-state index contributed by atoms with van der Waals surface area (Å²) in [6.45, 7) is 6.57. The number of nitrogens with zero attached hydrogens (tertiary/aromatic N) is 3. The second-order valence-corrected chi connectivity index (χ2v) is 8.15. The van der Waals surface area contributed by atoms with E-state index in [2.05, 4.69) is 11.6 Å². The molecule has 2 aromatic carbocycles. The largest absolute Gasteiger partial charge is 0.494 e. The molecule has 2 heterocycles. The molecule has 172 valence electrons. The highest BCUT2D eigenvalue weighted by Crippen LogP contribution is 2.35. The number of hydrogen-bond donors (Lipinski definition) is 0. The zero-order chi connectivity index (χ0) is 24.1. The van der Waals surface area contributed by atoms with Gasteiger partial charge in [0.25, 0.3) is 11.6 Å². The number of benzene rings is 2. The van der Waals surface area contributed by atoms with Gasteiger partial charge in [0.15, 0.2) is 5.17 Å². The van der Waals surface area contributed by atoms with Gasteiger partial charge in [0.05, 0.1) is 22.1 Å². The number of ether oxygens (including phenoxy) is 1. The van der Waals surface area contributed by atoms with Crippen molar-refractivity contribution in [3.8, 4) is 17.1 Å². The quantitative estimate of drug-likeness (QED) is 0.170. The minimum atomic E-state index is -0.452. The Bertz CT molecular complexity index is 1280. The lowest BCUT2D eigenvalue weighted by Crippen LogP contribution is -2.29. The van der Waals surface area contributed by atoms with Crippen molar-refractivity contribution in [3.63, 3.8) is 0 Å². The van der Waals surface area contributed by atoms with Gasteiger partial charge in [-0.3, -0.25) is 19.8 Å². The molecule has 0 unspecified atom stereocenters. The number of carbonyl (C=O) groups is 1. The average Bonchev–Trinajstić information content (AvgIpc) is 3.41. The smallest absolute Gasteiger partial charge is 0.269 e. The highest BCUT2D eigenvalue weighted by atomic mass is 32.2. The van der Waals surface area contributed by atoms with Gasteiger partial charge in [0.1, 0.15) is 17.3 Å². The van der Waals surface area contributed by atoms with E-state index < -0.39 is 4.92 Å². The van der Waals surface area contributed by atoms with E-state index in [0.717, 1.165) is 5.75 Å². The third kappa shape index (κ3) is 5.10. The highest BCUT2D eigenvalue weighted by molar-refractivity contribution is 8.18. The fourth-order valence-corrected chi connectivity index (χ4v) is 4.23. The summed E-state index contributed by atoms with van der Waals surface area (Å²) in [7, 11) is 0. The Morgan fingerprint density at radius 1 is 1.15 bits per heavy atom. The summed E-state index contributed by atoms with van der Waals surface area (Å²) in [6, 6.07) is 16.9. The number of thioether (sulfide) groups is 1. The van der Waals surface area contributed by atoms with Gasteiger partial charge in [-0.05, 0) is 67.2 Å². The predicted octanol–water partition coefficient (Wildman–Crippen LogP) is 6.04. The van der Waals surface area contributed by atoms with Crippen LogP contribution in [-0.4, -0.2) is 34.0 Å². The van der Waals surface area contributed by atoms with Crippen LogP contribution in [0.25, 0.3) is 17.4 Å². The molecule has 4 rings (SSSR count). The first-order valence-corrected chi connectivity index (χ1v) is 11.3. The Balaban J connectivity index is 1.57. The lowest BCUT2D eigenvalue weighted by molar-refractivity contribution is -0.384. The molecule has 0 spiro atoms. The number of nitro groups is 1. The molecule has 1 aliphatic heterocycles. The fraction of sp³-hybridized carbons (Fsp3) is 0.120. The van der Waals surface area contributed by atoms with Crippen molar-refractivity contribution in [1.29, 1.82) is 0 Å². The first-order chi connectivity index (χ1) is 16.5. The first-order valence-electron chi connectivity index (χ1n) is 10.5. The minimum absolute atomic E-state index is 0.00672. The van der Waals surface area contributed by atoms with E-state index in [9.17, 15) is 14.9 Å². The van der Waals surface area contributed by atoms with Gasteiger partial charge in [-0.15, -0.1) is 6.58 Å². The Hall–Kier alpha value is -4.11. The SMILES string of the molecule is C=CCN1C(=O)C(=Cc2ccc(-c3ccc([N+](=O)[O-])cc3)o2)SC1=Nc1ccc(OCC)cc1. The molecule has 1 aromatic heterocycles. The van der Waals surface area contributed by atoms with Crippen molar-refractivity contribution >= 4 is 40.3 Å². The van der Waals surface area contributed by atoms with Crippen molar-refractivity contribution < 1.29 is 18.9 Å². The Morgan fingerprint density at radius 3 is 2.53 bits per heavy atom. The molecule has 9 heteroatoms. The number of aliphatic imine (C=N–C) groups is 1. The van der Waals surface area contributed by atoms with Crippen LogP contribution in [0, 0.1) is 10.1 Å². The van der Waals surface area contributed by atoms with Crippen molar-refractivity contribution in [3.05, 3.63) is 94.1 Å². The first kappa shape index (κ1) is 23.1. The van der Waals surface area contributed by atoms with Gasteiger partial charge in [-0.1, -0.05) is 6.08 Å². The molecule has 1 saturated heterocycles. The topological polar surface area (TPSA) is 98.2 Å². The van der Waals surface area contributed by atoms with Gasteiger partial charge in [0.2, 0.25) is 0 Å². The van der Waals surface area contributed by atoms with Crippen LogP contribution >= 0.6 is 11.8 Å². The number of hydrogen-bond acceptors (Lipinski definition) is 7. The minimum Gasteiger partial charge on any atom is -0.494 e. The van der Waals surface area contributed by atoms with Gasteiger partial charge >= 0.3 is 0 Å². The van der Waals surface area contributed by atoms with Crippen LogP contribution in [0.15, 0.2) is 87.6 Å². The summed E-state index contributed by atoms with van der Waals surface area (Å²) in [5.41, 5.74) is 1.41. The number of amidine groups is 1. The maximum atomic E-state index is 13.0. The van der Waals surface area contributed by atoms with Crippen LogP contribution < -0.4 is 4.74 Å². The summed E-state index contributed by atoms with van der Waals surface area (Å²) in [6.07, 6.45) is 3.31. The van der Waals surface area contributed by atoms with E-state index in [1.54, 1.807) is 41.3 Å². The van der Waals surface area contributed by atoms with E-state index in [1.807, 2.05) is 31.2 Å². The molecule has 8 nitrogen and oxygen atoms in total. The molecule has 0 radical (unpaired) electrons. The van der Waals surface area contributed by atoms with E-state index in [1.165, 1.54) is 23.9 Å². The lowest BCUT2D eigenvalue weighted by Gasteiger charge is -2.12. The van der Waals surface area contributed by atoms with Crippen LogP contribution in [0.4, 0.5) is 11.4 Å². The van der Waals surface area contributed by atoms with E-state index in [0.29, 0.717) is 46.0 Å². The predicted molar refractivity (Wildman–Crippen MR) is 133 cm³/mol. The standard InChI is InChI=1S/C25H21N3O5S/c1-3-15-27-24(29)23(34-25(27)26-18-7-11-20(12-8-18)32-4-2)16-21-13-14-22(33-21)17-5-9-19(10-6-17)28(30)31/h3,5-14,16H,1,4,15H2,2H3. The average molecular weight is 476 g/mol. The van der Waals surface area contributed by atoms with Gasteiger partial charge in [-0.2, -0.15) is 0 Å². The van der Waals surface area contributed by atoms with Crippen molar-refractivity contribution in [2.75, 3.05) is 13.2 Å². The summed E-state index contributed by atoms with van der Waals surface area (Å²) in [5, 5.41) is 11.4. The van der Waals surface area contributed by atoms with Crippen LogP contribution in [0.5, 0.6) is 5.75 Å². The number of non-ortho nitro benzene ring substituents is 1. The summed E-state index contributed by atoms with van der Waals surface area (Å²) >= 11 is 1.25. The van der Waals surface area contributed by atoms with E-state index in [-0.39, 0.29) is 11.6 Å². The zero-order valence-electron chi connectivity index (χ0n) is 18.3. The molecule has 3 aromatic rings. The number of furan rings is 1. The van der Waals surface area contributed by atoms with Crippen LogP contribution in [0.2, 0.25) is 0 Å². The third-order valence-electron chi connectivity index (χ3n) is 4.84. The van der Waals surface area contributed by atoms with Crippen LogP contribution in [-0.2, 0) is 4.79 Å². The third-order valence-corrected chi connectivity index (χ3v) is 5.84. The molecule has 34 heavy (non-hydrogen) atoms. The zero-order valence-corrected chi connectivity index (χ0v) is 19.2. The second-order valence-electron chi connectivity index (χ2n) is 7.14. The Kier molecular flexibility index (Phi) is 6.93. The summed E-state index contributed by atoms with van der Waals surface area (Å²) in [5.74, 6) is 1.60. The molecule has 0 aliphatic carbocycles. The molecular formula is C25H21N3O5S. The molecule has 0 saturated carbocycles. The monoisotopic (exact) mass is 475 g/mol. The molecular weight excluding hydrogens is 454 g/mol. The van der Waals surface area contributed by atoms with Crippen LogP contribution in [0.3, 0.4) is 0 Å². The number of rotatable bonds is 8. The Labute approximate surface area is 200 Å². The molecule has 1 aliphatic rings. The molecule has 0 atom stereocenters. The molecule has 0 N–H and O–H groups in total. The summed E-state index contributed by atoms with van der Waals surface area (Å²) in [4.78, 5) is 30.1. The highest BCUT2D eigenvalue weighted by Gasteiger charge is 2.33. The van der Waals surface area contributed by atoms with Gasteiger partial charge < -0.3 is 9.15 Å². The van der Waals surface area contributed by atoms with E-state index >= 15 is 0 Å². The van der Waals surface area contributed by atoms with Gasteiger partial charge in [0, 0.05) is 30.3 Å². The number of amides is 1. The van der Waals surface area contributed by atoms with Crippen LogP contribution in [0.1, 0.15) is 12.7 Å². The lowest BCUT2D eigenvalue weighted by atomic mass is 10.1. The normalized spacial score (nSPS) is 15.8. The molecule has 1 amide bonds. The molecule has 0 bridgehead atoms. The summed E-state index contributed by atoms with van der Waals surface area (Å²) < 4.78 is 11.3. The fourth-order valence-electron chi connectivity index (χ4n) is 3.24. The van der Waals surface area contributed by atoms with Gasteiger partial charge in [-0.25, -0.2) is 4.99 Å². The second kappa shape index (κ2) is 10.2.